The fraction of sp³-hybridized carbons (Fsp3) is 0.133. The molecular formula is C15H13NO3S. The van der Waals surface area contributed by atoms with E-state index in [0.29, 0.717) is 5.56 Å². The summed E-state index contributed by atoms with van der Waals surface area (Å²) in [7, 11) is -3.16. The number of carbonyl (C=O) groups excluding carboxylic acids is 1. The normalized spacial score (nSPS) is 20.1. The van der Waals surface area contributed by atoms with Crippen molar-refractivity contribution in [2.45, 2.75) is 6.04 Å². The van der Waals surface area contributed by atoms with Gasteiger partial charge in [-0.1, -0.05) is 36.4 Å². The molecule has 2 aromatic carbocycles. The van der Waals surface area contributed by atoms with E-state index in [9.17, 15) is 13.2 Å². The van der Waals surface area contributed by atoms with Gasteiger partial charge in [0.05, 0.1) is 11.8 Å². The van der Waals surface area contributed by atoms with Gasteiger partial charge in [0.15, 0.2) is 9.84 Å². The summed E-state index contributed by atoms with van der Waals surface area (Å²) < 4.78 is 22.7. The molecule has 1 amide bonds. The molecule has 1 atom stereocenters. The Morgan fingerprint density at radius 2 is 1.85 bits per heavy atom. The third kappa shape index (κ3) is 2.44. The fourth-order valence-electron chi connectivity index (χ4n) is 2.34. The topological polar surface area (TPSA) is 63.2 Å². The second kappa shape index (κ2) is 4.76. The summed E-state index contributed by atoms with van der Waals surface area (Å²) in [6, 6.07) is 12.6. The predicted octanol–water partition coefficient (Wildman–Crippen LogP) is 1.88. The molecule has 0 bridgehead atoms. The third-order valence-electron chi connectivity index (χ3n) is 3.28. The number of fused-ring (bicyclic) bond motifs is 1. The molecule has 2 aromatic rings. The van der Waals surface area contributed by atoms with Crippen LogP contribution in [-0.4, -0.2) is 26.1 Å². The van der Waals surface area contributed by atoms with Crippen molar-refractivity contribution >= 4 is 26.5 Å². The summed E-state index contributed by atoms with van der Waals surface area (Å²) in [5.41, 5.74) is 0.556. The highest BCUT2D eigenvalue weighted by Gasteiger charge is 2.23. The van der Waals surface area contributed by atoms with Gasteiger partial charge >= 0.3 is 0 Å². The minimum atomic E-state index is -3.16. The molecule has 0 radical (unpaired) electrons. The maximum Gasteiger partial charge on any atom is 0.252 e. The summed E-state index contributed by atoms with van der Waals surface area (Å²) in [6.07, 6.45) is 1.51. The summed E-state index contributed by atoms with van der Waals surface area (Å²) in [5, 5.41) is 5.73. The number of amides is 1. The number of benzene rings is 2. The first-order valence-electron chi connectivity index (χ1n) is 6.25. The van der Waals surface area contributed by atoms with Gasteiger partial charge in [0.2, 0.25) is 0 Å². The third-order valence-corrected chi connectivity index (χ3v) is 4.68. The zero-order chi connectivity index (χ0) is 14.2. The van der Waals surface area contributed by atoms with E-state index in [1.54, 1.807) is 6.07 Å². The Balaban J connectivity index is 1.89. The van der Waals surface area contributed by atoms with Crippen LogP contribution in [0.5, 0.6) is 0 Å². The first kappa shape index (κ1) is 12.9. The number of hydrogen-bond acceptors (Lipinski definition) is 3. The first-order chi connectivity index (χ1) is 9.55. The second-order valence-electron chi connectivity index (χ2n) is 4.76. The highest BCUT2D eigenvalue weighted by molar-refractivity contribution is 7.94. The average Bonchev–Trinajstić information content (AvgIpc) is 2.77. The minimum Gasteiger partial charge on any atom is -0.345 e. The average molecular weight is 287 g/mol. The number of sulfone groups is 1. The Morgan fingerprint density at radius 3 is 2.60 bits per heavy atom. The molecule has 0 unspecified atom stereocenters. The maximum atomic E-state index is 12.3. The SMILES string of the molecule is O=C(N[C@@H]1C=CS(=O)(=O)C1)c1cccc2ccccc12. The monoisotopic (exact) mass is 287 g/mol. The zero-order valence-electron chi connectivity index (χ0n) is 10.6. The van der Waals surface area contributed by atoms with Crippen molar-refractivity contribution < 1.29 is 13.2 Å². The van der Waals surface area contributed by atoms with Crippen molar-refractivity contribution in [3.63, 3.8) is 0 Å². The summed E-state index contributed by atoms with van der Waals surface area (Å²) in [6.45, 7) is 0. The van der Waals surface area contributed by atoms with Gasteiger partial charge in [0, 0.05) is 11.0 Å². The number of carbonyl (C=O) groups is 1. The van der Waals surface area contributed by atoms with E-state index in [4.69, 9.17) is 0 Å². The van der Waals surface area contributed by atoms with Crippen LogP contribution in [0.15, 0.2) is 53.9 Å². The van der Waals surface area contributed by atoms with Gasteiger partial charge in [0.1, 0.15) is 0 Å². The molecule has 1 aliphatic rings. The Morgan fingerprint density at radius 1 is 1.10 bits per heavy atom. The van der Waals surface area contributed by atoms with Crippen LogP contribution in [0.1, 0.15) is 10.4 Å². The van der Waals surface area contributed by atoms with E-state index in [1.807, 2.05) is 36.4 Å². The van der Waals surface area contributed by atoms with Crippen LogP contribution in [0, 0.1) is 0 Å². The van der Waals surface area contributed by atoms with Gasteiger partial charge in [-0.15, -0.1) is 0 Å². The molecule has 1 aliphatic heterocycles. The summed E-state index contributed by atoms with van der Waals surface area (Å²) in [5.74, 6) is -0.322. The lowest BCUT2D eigenvalue weighted by Gasteiger charge is -2.11. The van der Waals surface area contributed by atoms with E-state index < -0.39 is 15.9 Å². The Labute approximate surface area is 117 Å². The van der Waals surface area contributed by atoms with Crippen molar-refractivity contribution in [3.8, 4) is 0 Å². The molecule has 0 saturated carbocycles. The largest absolute Gasteiger partial charge is 0.345 e. The molecule has 0 spiro atoms. The predicted molar refractivity (Wildman–Crippen MR) is 78.1 cm³/mol. The molecular weight excluding hydrogens is 274 g/mol. The first-order valence-corrected chi connectivity index (χ1v) is 7.96. The second-order valence-corrected chi connectivity index (χ2v) is 6.70. The lowest BCUT2D eigenvalue weighted by atomic mass is 10.0. The Bertz CT molecular complexity index is 803. The number of nitrogens with one attached hydrogen (secondary N) is 1. The summed E-state index contributed by atoms with van der Waals surface area (Å²) in [4.78, 5) is 12.3. The molecule has 1 N–H and O–H groups in total. The fourth-order valence-corrected chi connectivity index (χ4v) is 3.57. The van der Waals surface area contributed by atoms with Crippen molar-refractivity contribution in [2.75, 3.05) is 5.75 Å². The van der Waals surface area contributed by atoms with Crippen molar-refractivity contribution in [1.29, 1.82) is 0 Å². The van der Waals surface area contributed by atoms with Crippen LogP contribution in [0.4, 0.5) is 0 Å². The van der Waals surface area contributed by atoms with Gasteiger partial charge in [-0.3, -0.25) is 4.79 Å². The smallest absolute Gasteiger partial charge is 0.252 e. The van der Waals surface area contributed by atoms with E-state index in [0.717, 1.165) is 16.2 Å². The minimum absolute atomic E-state index is 0.0660. The molecule has 0 saturated heterocycles. The van der Waals surface area contributed by atoms with Crippen LogP contribution in [0.2, 0.25) is 0 Å². The number of hydrogen-bond donors (Lipinski definition) is 1. The van der Waals surface area contributed by atoms with Gasteiger partial charge in [-0.25, -0.2) is 8.42 Å². The molecule has 20 heavy (non-hydrogen) atoms. The van der Waals surface area contributed by atoms with Gasteiger partial charge < -0.3 is 5.32 Å². The lowest BCUT2D eigenvalue weighted by molar-refractivity contribution is 0.0949. The van der Waals surface area contributed by atoms with E-state index >= 15 is 0 Å². The molecule has 5 heteroatoms. The van der Waals surface area contributed by atoms with Crippen LogP contribution >= 0.6 is 0 Å². The van der Waals surface area contributed by atoms with Crippen LogP contribution in [-0.2, 0) is 9.84 Å². The molecule has 4 nitrogen and oxygen atoms in total. The molecule has 1 heterocycles. The molecule has 3 rings (SSSR count). The van der Waals surface area contributed by atoms with Gasteiger partial charge in [-0.05, 0) is 22.9 Å². The zero-order valence-corrected chi connectivity index (χ0v) is 11.4. The van der Waals surface area contributed by atoms with Crippen LogP contribution in [0.3, 0.4) is 0 Å². The van der Waals surface area contributed by atoms with E-state index in [2.05, 4.69) is 5.32 Å². The Hall–Kier alpha value is -2.14. The lowest BCUT2D eigenvalue weighted by Crippen LogP contribution is -2.35. The Kier molecular flexibility index (Phi) is 3.06. The van der Waals surface area contributed by atoms with E-state index in [-0.39, 0.29) is 11.7 Å². The highest BCUT2D eigenvalue weighted by Crippen LogP contribution is 2.19. The molecule has 0 fully saturated rings. The number of rotatable bonds is 2. The van der Waals surface area contributed by atoms with Crippen molar-refractivity contribution in [3.05, 3.63) is 59.5 Å². The van der Waals surface area contributed by atoms with Crippen molar-refractivity contribution in [2.24, 2.45) is 0 Å². The quantitative estimate of drug-likeness (QED) is 0.917. The van der Waals surface area contributed by atoms with Gasteiger partial charge in [0.25, 0.3) is 5.91 Å². The maximum absolute atomic E-state index is 12.3. The molecule has 0 aromatic heterocycles. The van der Waals surface area contributed by atoms with Crippen molar-refractivity contribution in [1.82, 2.24) is 5.32 Å². The highest BCUT2D eigenvalue weighted by atomic mass is 32.2. The van der Waals surface area contributed by atoms with Crippen LogP contribution < -0.4 is 5.32 Å². The summed E-state index contributed by atoms with van der Waals surface area (Å²) >= 11 is 0. The van der Waals surface area contributed by atoms with E-state index in [1.165, 1.54) is 6.08 Å². The molecule has 0 aliphatic carbocycles. The van der Waals surface area contributed by atoms with Crippen LogP contribution in [0.25, 0.3) is 10.8 Å². The molecule has 102 valence electrons. The van der Waals surface area contributed by atoms with Gasteiger partial charge in [-0.2, -0.15) is 0 Å². The standard InChI is InChI=1S/C15H13NO3S/c17-15(16-12-8-9-20(18,19)10-12)14-7-3-5-11-4-1-2-6-13(11)14/h1-9,12H,10H2,(H,16,17)/t12-/m1/s1.